The van der Waals surface area contributed by atoms with E-state index in [-0.39, 0.29) is 12.8 Å². The average molecular weight is 492 g/mol. The van der Waals surface area contributed by atoms with Gasteiger partial charge < -0.3 is 51.6 Å². The van der Waals surface area contributed by atoms with Crippen LogP contribution in [0.4, 0.5) is 0 Å². The quantitative estimate of drug-likeness (QED) is 0.129. The molecule has 34 heavy (non-hydrogen) atoms. The summed E-state index contributed by atoms with van der Waals surface area (Å²) in [6.45, 7) is 3.03. The van der Waals surface area contributed by atoms with Crippen LogP contribution in [0.15, 0.2) is 0 Å². The molecule has 1 aliphatic rings. The number of carbonyl (C=O) groups excluding carboxylic acids is 4. The highest BCUT2D eigenvalue weighted by molar-refractivity contribution is 5.91. The van der Waals surface area contributed by atoms with E-state index in [4.69, 9.17) is 20.3 Å². The molecule has 1 aliphatic heterocycles. The van der Waals surface area contributed by atoms with Crippen LogP contribution in [0.2, 0.25) is 0 Å². The van der Waals surface area contributed by atoms with Crippen molar-refractivity contribution in [1.29, 1.82) is 0 Å². The third kappa shape index (κ3) is 8.49. The summed E-state index contributed by atoms with van der Waals surface area (Å²) in [5.74, 6) is -4.39. The normalized spacial score (nSPS) is 27.1. The third-order valence-electron chi connectivity index (χ3n) is 5.02. The first-order valence-electron chi connectivity index (χ1n) is 10.4. The molecule has 0 aromatic rings. The monoisotopic (exact) mass is 492 g/mol. The van der Waals surface area contributed by atoms with Gasteiger partial charge in [0.1, 0.15) is 42.5 Å². The van der Waals surface area contributed by atoms with Crippen molar-refractivity contribution in [1.82, 2.24) is 16.0 Å². The van der Waals surface area contributed by atoms with Crippen molar-refractivity contribution in [2.24, 2.45) is 5.73 Å². The van der Waals surface area contributed by atoms with Crippen molar-refractivity contribution < 1.29 is 53.9 Å². The molecule has 1 rings (SSSR count). The lowest BCUT2D eigenvalue weighted by molar-refractivity contribution is -0.266. The molecule has 1 saturated heterocycles. The first-order valence-corrected chi connectivity index (χ1v) is 10.4. The number of aliphatic carboxylic acids is 1. The summed E-state index contributed by atoms with van der Waals surface area (Å²) in [6.07, 6.45) is -7.62. The number of carbonyl (C=O) groups is 5. The minimum absolute atomic E-state index is 0.239. The van der Waals surface area contributed by atoms with Crippen LogP contribution >= 0.6 is 0 Å². The Morgan fingerprint density at radius 3 is 2.21 bits per heavy atom. The van der Waals surface area contributed by atoms with Crippen LogP contribution in [0.25, 0.3) is 0 Å². The Labute approximate surface area is 195 Å². The molecule has 2 unspecified atom stereocenters. The Morgan fingerprint density at radius 2 is 1.71 bits per heavy atom. The zero-order chi connectivity index (χ0) is 26.2. The van der Waals surface area contributed by atoms with E-state index in [2.05, 4.69) is 16.0 Å². The Bertz CT molecular complexity index is 765. The Hall–Kier alpha value is -2.85. The standard InChI is InChI=1S/C19H32N4O11/c1-7(16(28)23-10(18(30)31)4-5-12(20)26)21-17(29)8(2)33-15-13(22-9(3)25)19(32)34-11(6-24)14(15)27/h7-8,10-11,13-15,19,24,27,32H,4-6H2,1-3H3,(H2,20,26)(H,21,29)(H,22,25)(H,23,28)(H,30,31)/t7-,8?,10+,11+,13+,14+,15+,19?/m0/s1. The van der Waals surface area contributed by atoms with Crippen molar-refractivity contribution in [3.05, 3.63) is 0 Å². The molecule has 0 saturated carbocycles. The molecule has 0 aromatic heterocycles. The third-order valence-corrected chi connectivity index (χ3v) is 5.02. The second-order valence-corrected chi connectivity index (χ2v) is 7.84. The second kappa shape index (κ2) is 13.1. The number of ether oxygens (including phenoxy) is 2. The minimum atomic E-state index is -1.65. The number of hydrogen-bond donors (Lipinski definition) is 8. The molecule has 15 nitrogen and oxygen atoms in total. The number of aliphatic hydroxyl groups is 3. The Kier molecular flexibility index (Phi) is 11.3. The van der Waals surface area contributed by atoms with Gasteiger partial charge >= 0.3 is 5.97 Å². The van der Waals surface area contributed by atoms with Crippen LogP contribution in [0.1, 0.15) is 33.6 Å². The van der Waals surface area contributed by atoms with Crippen molar-refractivity contribution >= 4 is 29.6 Å². The minimum Gasteiger partial charge on any atom is -0.480 e. The lowest BCUT2D eigenvalue weighted by Gasteiger charge is -2.43. The zero-order valence-electron chi connectivity index (χ0n) is 19.0. The number of carboxylic acid groups (broad SMARTS) is 1. The lowest BCUT2D eigenvalue weighted by atomic mass is 9.96. The average Bonchev–Trinajstić information content (AvgIpc) is 2.74. The zero-order valence-corrected chi connectivity index (χ0v) is 19.0. The Morgan fingerprint density at radius 1 is 1.09 bits per heavy atom. The summed E-state index contributed by atoms with van der Waals surface area (Å²) in [4.78, 5) is 58.4. The summed E-state index contributed by atoms with van der Waals surface area (Å²) in [6, 6.07) is -3.89. The molecule has 0 spiro atoms. The number of hydrogen-bond acceptors (Lipinski definition) is 10. The number of primary amides is 1. The number of rotatable bonds is 12. The first kappa shape index (κ1) is 29.2. The molecule has 0 radical (unpaired) electrons. The maximum Gasteiger partial charge on any atom is 0.326 e. The van der Waals surface area contributed by atoms with E-state index < -0.39 is 85.0 Å². The van der Waals surface area contributed by atoms with Crippen LogP contribution in [-0.4, -0.2) is 105 Å². The topological polar surface area (TPSA) is 247 Å². The number of amides is 4. The van der Waals surface area contributed by atoms with Gasteiger partial charge in [-0.3, -0.25) is 19.2 Å². The van der Waals surface area contributed by atoms with Crippen molar-refractivity contribution in [2.75, 3.05) is 6.61 Å². The van der Waals surface area contributed by atoms with Gasteiger partial charge in [-0.1, -0.05) is 0 Å². The van der Waals surface area contributed by atoms with Crippen molar-refractivity contribution in [3.63, 3.8) is 0 Å². The maximum atomic E-state index is 12.5. The highest BCUT2D eigenvalue weighted by Gasteiger charge is 2.47. The van der Waals surface area contributed by atoms with Crippen LogP contribution < -0.4 is 21.7 Å². The molecule has 8 atom stereocenters. The molecule has 0 aromatic carbocycles. The first-order chi connectivity index (χ1) is 15.8. The molecule has 194 valence electrons. The molecule has 0 aliphatic carbocycles. The van der Waals surface area contributed by atoms with Crippen LogP contribution in [0.5, 0.6) is 0 Å². The molecular weight excluding hydrogens is 460 g/mol. The molecule has 15 heteroatoms. The fraction of sp³-hybridized carbons (Fsp3) is 0.737. The van der Waals surface area contributed by atoms with Gasteiger partial charge in [-0.2, -0.15) is 0 Å². The summed E-state index contributed by atoms with van der Waals surface area (Å²) in [7, 11) is 0. The summed E-state index contributed by atoms with van der Waals surface area (Å²) in [5.41, 5.74) is 4.99. The molecular formula is C19H32N4O11. The smallest absolute Gasteiger partial charge is 0.326 e. The van der Waals surface area contributed by atoms with E-state index in [1.165, 1.54) is 13.8 Å². The molecule has 0 bridgehead atoms. The highest BCUT2D eigenvalue weighted by Crippen LogP contribution is 2.23. The molecule has 1 heterocycles. The molecule has 9 N–H and O–H groups in total. The van der Waals surface area contributed by atoms with Crippen LogP contribution in [0.3, 0.4) is 0 Å². The predicted octanol–water partition coefficient (Wildman–Crippen LogP) is -4.33. The van der Waals surface area contributed by atoms with E-state index in [9.17, 15) is 39.3 Å². The fourth-order valence-electron chi connectivity index (χ4n) is 3.17. The second-order valence-electron chi connectivity index (χ2n) is 7.84. The van der Waals surface area contributed by atoms with Gasteiger partial charge in [0.05, 0.1) is 6.61 Å². The van der Waals surface area contributed by atoms with Gasteiger partial charge in [-0.05, 0) is 20.3 Å². The van der Waals surface area contributed by atoms with E-state index in [0.717, 1.165) is 6.92 Å². The van der Waals surface area contributed by atoms with E-state index in [1.807, 2.05) is 0 Å². The van der Waals surface area contributed by atoms with Gasteiger partial charge in [0.15, 0.2) is 6.29 Å². The number of carboxylic acids is 1. The largest absolute Gasteiger partial charge is 0.480 e. The van der Waals surface area contributed by atoms with E-state index in [1.54, 1.807) is 0 Å². The SMILES string of the molecule is CC(=O)N[C@H]1C(O)O[C@H](CO)[C@@H](O)[C@@H]1OC(C)C(=O)N[C@@H](C)C(=O)N[C@H](CCC(N)=O)C(=O)O. The van der Waals surface area contributed by atoms with Crippen LogP contribution in [-0.2, 0) is 33.4 Å². The van der Waals surface area contributed by atoms with E-state index >= 15 is 0 Å². The van der Waals surface area contributed by atoms with E-state index in [0.29, 0.717) is 0 Å². The highest BCUT2D eigenvalue weighted by atomic mass is 16.6. The Balaban J connectivity index is 2.80. The lowest BCUT2D eigenvalue weighted by Crippen LogP contribution is -2.65. The van der Waals surface area contributed by atoms with Crippen molar-refractivity contribution in [2.45, 2.75) is 82.4 Å². The molecule has 1 fully saturated rings. The van der Waals surface area contributed by atoms with Crippen molar-refractivity contribution in [3.8, 4) is 0 Å². The number of nitrogens with two attached hydrogens (primary N) is 1. The number of nitrogens with one attached hydrogen (secondary N) is 3. The summed E-state index contributed by atoms with van der Waals surface area (Å²) < 4.78 is 10.6. The maximum absolute atomic E-state index is 12.5. The van der Waals surface area contributed by atoms with Gasteiger partial charge in [-0.25, -0.2) is 4.79 Å². The summed E-state index contributed by atoms with van der Waals surface area (Å²) >= 11 is 0. The fourth-order valence-corrected chi connectivity index (χ4v) is 3.17. The van der Waals surface area contributed by atoms with Gasteiger partial charge in [-0.15, -0.1) is 0 Å². The number of aliphatic hydroxyl groups excluding tert-OH is 3. The predicted molar refractivity (Wildman–Crippen MR) is 112 cm³/mol. The van der Waals surface area contributed by atoms with Crippen LogP contribution in [0, 0.1) is 0 Å². The van der Waals surface area contributed by atoms with Gasteiger partial charge in [0, 0.05) is 13.3 Å². The summed E-state index contributed by atoms with van der Waals surface area (Å²) in [5, 5.41) is 45.9. The molecule has 4 amide bonds. The van der Waals surface area contributed by atoms with Gasteiger partial charge in [0.25, 0.3) is 0 Å². The van der Waals surface area contributed by atoms with Gasteiger partial charge in [0.2, 0.25) is 23.6 Å².